The van der Waals surface area contributed by atoms with E-state index in [1.807, 2.05) is 11.8 Å². The number of aliphatic hydroxyl groups excluding tert-OH is 1. The molecule has 0 aliphatic carbocycles. The van der Waals surface area contributed by atoms with Crippen molar-refractivity contribution < 1.29 is 43.2 Å². The number of carbonyl (C=O) groups excluding carboxylic acids is 4. The molecule has 2 aliphatic rings. The normalized spacial score (nSPS) is 21.0. The second-order valence-corrected chi connectivity index (χ2v) is 18.1. The highest BCUT2D eigenvalue weighted by molar-refractivity contribution is 5.88. The van der Waals surface area contributed by atoms with Gasteiger partial charge in [0.25, 0.3) is 5.56 Å². The standard InChI is InChI=1S/C40H66N8O10/c1-11-14-27(31(49)32(50)28-15-16-29(55-28)48-26-43-30-33(48)41-25-42-34(30)51)44-17-12-18-46(36(53)57-39(5,6)7)23-24-47(37(54)58-40(8,9)10)20-13-19-45(22-21-44)35(52)56-38(2,3)4/h25-29,32,50H,11-24H2,1-10H3,(H,41,42,51)/t27?,28-,29+,32?/m0/s1. The highest BCUT2D eigenvalue weighted by Gasteiger charge is 2.40. The summed E-state index contributed by atoms with van der Waals surface area (Å²) in [6.45, 7) is 19.9. The molecular weight excluding hydrogens is 752 g/mol. The molecule has 2 saturated heterocycles. The molecule has 4 rings (SSSR count). The van der Waals surface area contributed by atoms with Crippen LogP contribution in [0.15, 0.2) is 17.4 Å². The molecule has 0 aromatic carbocycles. The quantitative estimate of drug-likeness (QED) is 0.365. The number of nitrogens with zero attached hydrogens (tertiary/aromatic N) is 7. The Bertz CT molecular complexity index is 1760. The van der Waals surface area contributed by atoms with Gasteiger partial charge in [-0.05, 0) is 94.4 Å². The molecule has 58 heavy (non-hydrogen) atoms. The summed E-state index contributed by atoms with van der Waals surface area (Å²) in [6.07, 6.45) is 1.05. The van der Waals surface area contributed by atoms with Gasteiger partial charge in [-0.1, -0.05) is 13.3 Å². The maximum absolute atomic E-state index is 14.4. The number of rotatable bonds is 7. The van der Waals surface area contributed by atoms with Crippen molar-refractivity contribution in [2.45, 2.75) is 149 Å². The van der Waals surface area contributed by atoms with Crippen molar-refractivity contribution in [1.29, 1.82) is 0 Å². The van der Waals surface area contributed by atoms with E-state index in [1.165, 1.54) is 12.7 Å². The Balaban J connectivity index is 1.60. The smallest absolute Gasteiger partial charge is 0.410 e. The average Bonchev–Trinajstić information content (AvgIpc) is 3.77. The zero-order valence-electron chi connectivity index (χ0n) is 36.1. The van der Waals surface area contributed by atoms with Crippen LogP contribution < -0.4 is 5.56 Å². The first-order chi connectivity index (χ1) is 27.1. The summed E-state index contributed by atoms with van der Waals surface area (Å²) < 4.78 is 25.1. The molecule has 2 aliphatic heterocycles. The van der Waals surface area contributed by atoms with Crippen LogP contribution in [-0.2, 0) is 23.7 Å². The lowest BCUT2D eigenvalue weighted by Crippen LogP contribution is -2.52. The molecule has 4 heterocycles. The summed E-state index contributed by atoms with van der Waals surface area (Å²) in [6, 6.07) is -0.733. The molecule has 3 amide bonds. The van der Waals surface area contributed by atoms with E-state index in [0.29, 0.717) is 50.7 Å². The first-order valence-electron chi connectivity index (χ1n) is 20.5. The van der Waals surface area contributed by atoms with Crippen molar-refractivity contribution in [2.75, 3.05) is 52.4 Å². The molecule has 0 bridgehead atoms. The Labute approximate surface area is 341 Å². The summed E-state index contributed by atoms with van der Waals surface area (Å²) in [5, 5.41) is 11.6. The maximum Gasteiger partial charge on any atom is 0.410 e. The first kappa shape index (κ1) is 46.4. The van der Waals surface area contributed by atoms with Crippen molar-refractivity contribution in [2.24, 2.45) is 0 Å². The zero-order valence-corrected chi connectivity index (χ0v) is 36.1. The van der Waals surface area contributed by atoms with Crippen LogP contribution in [-0.4, -0.2) is 156 Å². The number of amides is 3. The van der Waals surface area contributed by atoms with E-state index < -0.39 is 65.3 Å². The predicted molar refractivity (Wildman–Crippen MR) is 215 cm³/mol. The highest BCUT2D eigenvalue weighted by Crippen LogP contribution is 2.32. The van der Waals surface area contributed by atoms with E-state index in [0.717, 1.165) is 0 Å². The number of fused-ring (bicyclic) bond motifs is 1. The number of aliphatic hydroxyl groups is 1. The molecule has 0 saturated carbocycles. The summed E-state index contributed by atoms with van der Waals surface area (Å²) in [5.74, 6) is -0.403. The van der Waals surface area contributed by atoms with Gasteiger partial charge >= 0.3 is 18.3 Å². The molecule has 2 aromatic heterocycles. The van der Waals surface area contributed by atoms with Crippen LogP contribution in [0.25, 0.3) is 11.2 Å². The van der Waals surface area contributed by atoms with Crippen LogP contribution in [0.4, 0.5) is 14.4 Å². The van der Waals surface area contributed by atoms with Gasteiger partial charge in [-0.3, -0.25) is 19.1 Å². The van der Waals surface area contributed by atoms with Crippen molar-refractivity contribution in [3.8, 4) is 0 Å². The summed E-state index contributed by atoms with van der Waals surface area (Å²) in [5.41, 5.74) is -2.13. The zero-order chi connectivity index (χ0) is 43.0. The van der Waals surface area contributed by atoms with E-state index in [4.69, 9.17) is 18.9 Å². The largest absolute Gasteiger partial charge is 0.444 e. The van der Waals surface area contributed by atoms with E-state index in [9.17, 15) is 29.1 Å². The number of nitrogens with one attached hydrogen (secondary N) is 1. The lowest BCUT2D eigenvalue weighted by atomic mass is 9.96. The van der Waals surface area contributed by atoms with Gasteiger partial charge in [0.05, 0.1) is 24.8 Å². The third-order valence-corrected chi connectivity index (χ3v) is 9.66. The Morgan fingerprint density at radius 1 is 0.776 bits per heavy atom. The number of Topliss-reactive ketones (excluding diaryl/α,β-unsaturated/α-hetero) is 1. The lowest BCUT2D eigenvalue weighted by Gasteiger charge is -2.36. The molecule has 0 spiro atoms. The van der Waals surface area contributed by atoms with Crippen molar-refractivity contribution in [1.82, 2.24) is 39.1 Å². The molecule has 2 fully saturated rings. The van der Waals surface area contributed by atoms with Gasteiger partial charge in [-0.25, -0.2) is 24.4 Å². The Morgan fingerprint density at radius 2 is 1.28 bits per heavy atom. The lowest BCUT2D eigenvalue weighted by molar-refractivity contribution is -0.142. The van der Waals surface area contributed by atoms with Gasteiger partial charge in [0, 0.05) is 52.4 Å². The van der Waals surface area contributed by atoms with E-state index in [2.05, 4.69) is 15.0 Å². The summed E-state index contributed by atoms with van der Waals surface area (Å²) in [7, 11) is 0. The molecule has 18 heteroatoms. The fourth-order valence-corrected chi connectivity index (χ4v) is 7.01. The molecule has 0 radical (unpaired) electrons. The van der Waals surface area contributed by atoms with Gasteiger partial charge in [0.2, 0.25) is 0 Å². The summed E-state index contributed by atoms with van der Waals surface area (Å²) in [4.78, 5) is 84.8. The van der Waals surface area contributed by atoms with Gasteiger partial charge in [-0.15, -0.1) is 0 Å². The van der Waals surface area contributed by atoms with Crippen LogP contribution in [0.1, 0.15) is 114 Å². The minimum absolute atomic E-state index is 0.163. The number of imidazole rings is 1. The fraction of sp³-hybridized carbons (Fsp3) is 0.775. The van der Waals surface area contributed by atoms with Gasteiger partial charge in [-0.2, -0.15) is 0 Å². The minimum atomic E-state index is -1.46. The molecular formula is C40H66N8O10. The monoisotopic (exact) mass is 818 g/mol. The summed E-state index contributed by atoms with van der Waals surface area (Å²) >= 11 is 0. The molecule has 4 atom stereocenters. The Kier molecular flexibility index (Phi) is 15.7. The van der Waals surface area contributed by atoms with E-state index >= 15 is 0 Å². The Hall–Kier alpha value is -4.29. The van der Waals surface area contributed by atoms with Crippen LogP contribution >= 0.6 is 0 Å². The number of aromatic amines is 1. The number of carbonyl (C=O) groups is 4. The van der Waals surface area contributed by atoms with Crippen molar-refractivity contribution in [3.63, 3.8) is 0 Å². The number of hydrogen-bond acceptors (Lipinski definition) is 13. The molecule has 18 nitrogen and oxygen atoms in total. The Morgan fingerprint density at radius 3 is 1.78 bits per heavy atom. The first-order valence-corrected chi connectivity index (χ1v) is 20.5. The number of aromatic nitrogens is 4. The maximum atomic E-state index is 14.4. The van der Waals surface area contributed by atoms with Crippen LogP contribution in [0.3, 0.4) is 0 Å². The molecule has 326 valence electrons. The van der Waals surface area contributed by atoms with Gasteiger partial charge in [0.1, 0.15) is 29.1 Å². The predicted octanol–water partition coefficient (Wildman–Crippen LogP) is 4.70. The van der Waals surface area contributed by atoms with Crippen molar-refractivity contribution in [3.05, 3.63) is 23.0 Å². The molecule has 2 N–H and O–H groups in total. The minimum Gasteiger partial charge on any atom is -0.444 e. The fourth-order valence-electron chi connectivity index (χ4n) is 7.01. The van der Waals surface area contributed by atoms with Crippen LogP contribution in [0, 0.1) is 0 Å². The van der Waals surface area contributed by atoms with Crippen molar-refractivity contribution >= 4 is 35.2 Å². The topological polar surface area (TPSA) is 202 Å². The van der Waals surface area contributed by atoms with Gasteiger partial charge in [0.15, 0.2) is 16.9 Å². The third-order valence-electron chi connectivity index (χ3n) is 9.66. The number of hydrogen-bond donors (Lipinski definition) is 2. The second-order valence-electron chi connectivity index (χ2n) is 18.1. The van der Waals surface area contributed by atoms with Crippen LogP contribution in [0.5, 0.6) is 0 Å². The number of ketones is 1. The van der Waals surface area contributed by atoms with Crippen LogP contribution in [0.2, 0.25) is 0 Å². The third kappa shape index (κ3) is 13.4. The van der Waals surface area contributed by atoms with E-state index in [1.54, 1.807) is 81.6 Å². The SMILES string of the molecule is CCCC(C(=O)C(O)[C@@H]1CC[C@H](n2cnc3c(=O)[nH]cnc32)O1)N1CCCN(C(=O)OC(C)(C)C)CCN(C(=O)OC(C)(C)C)CCCN(C(=O)OC(C)(C)C)CC1. The highest BCUT2D eigenvalue weighted by atomic mass is 16.6. The average molecular weight is 819 g/mol. The molecule has 2 aromatic rings. The molecule has 2 unspecified atom stereocenters. The number of H-pyrrole nitrogens is 1. The van der Waals surface area contributed by atoms with Gasteiger partial charge < -0.3 is 43.7 Å². The van der Waals surface area contributed by atoms with E-state index in [-0.39, 0.29) is 56.9 Å². The second kappa shape index (κ2) is 19.6. The number of ether oxygens (including phenoxy) is 4.